The molecule has 1 atom stereocenters. The van der Waals surface area contributed by atoms with Gasteiger partial charge in [0.15, 0.2) is 0 Å². The van der Waals surface area contributed by atoms with Crippen LogP contribution in [0.25, 0.3) is 0 Å². The molecule has 0 radical (unpaired) electrons. The molecule has 0 saturated carbocycles. The molecule has 0 spiro atoms. The van der Waals surface area contributed by atoms with Crippen molar-refractivity contribution in [2.75, 3.05) is 19.6 Å². The highest BCUT2D eigenvalue weighted by atomic mass is 16.4. The number of carboxylic acids is 1. The topological polar surface area (TPSA) is 52.6 Å². The molecule has 1 unspecified atom stereocenters. The molecule has 2 rings (SSSR count). The average Bonchev–Trinajstić information content (AvgIpc) is 2.52. The minimum absolute atomic E-state index is 0.357. The molecule has 2 N–H and O–H groups in total. The van der Waals surface area contributed by atoms with E-state index < -0.39 is 5.97 Å². The van der Waals surface area contributed by atoms with E-state index in [0.717, 1.165) is 25.1 Å². The zero-order valence-corrected chi connectivity index (χ0v) is 12.8. The number of nitrogens with zero attached hydrogens (tertiary/aromatic N) is 1. The van der Waals surface area contributed by atoms with E-state index in [4.69, 9.17) is 5.11 Å². The van der Waals surface area contributed by atoms with Gasteiger partial charge in [-0.25, -0.2) is 4.79 Å². The van der Waals surface area contributed by atoms with E-state index >= 15 is 0 Å². The predicted molar refractivity (Wildman–Crippen MR) is 84.6 cm³/mol. The van der Waals surface area contributed by atoms with Gasteiger partial charge in [-0.1, -0.05) is 18.6 Å². The minimum atomic E-state index is -0.865. The summed E-state index contributed by atoms with van der Waals surface area (Å²) in [6, 6.07) is 7.76. The molecule has 0 aliphatic carbocycles. The van der Waals surface area contributed by atoms with Crippen LogP contribution >= 0.6 is 0 Å². The molecular formula is C17H26N2O2. The molecule has 1 heterocycles. The number of aromatic carboxylic acids is 1. The van der Waals surface area contributed by atoms with Gasteiger partial charge in [0.25, 0.3) is 0 Å². The summed E-state index contributed by atoms with van der Waals surface area (Å²) in [5, 5.41) is 12.4. The second-order valence-corrected chi connectivity index (χ2v) is 5.92. The van der Waals surface area contributed by atoms with E-state index in [-0.39, 0.29) is 0 Å². The van der Waals surface area contributed by atoms with Gasteiger partial charge in [0.2, 0.25) is 0 Å². The first-order chi connectivity index (χ1) is 10.2. The Labute approximate surface area is 127 Å². The number of hydrogen-bond acceptors (Lipinski definition) is 3. The van der Waals surface area contributed by atoms with Crippen LogP contribution in [0.4, 0.5) is 0 Å². The highest BCUT2D eigenvalue weighted by Gasteiger charge is 2.15. The van der Waals surface area contributed by atoms with Gasteiger partial charge in [0, 0.05) is 12.6 Å². The third kappa shape index (κ3) is 5.14. The lowest BCUT2D eigenvalue weighted by Gasteiger charge is -2.32. The van der Waals surface area contributed by atoms with Crippen molar-refractivity contribution in [2.45, 2.75) is 45.2 Å². The summed E-state index contributed by atoms with van der Waals surface area (Å²) in [6.45, 7) is 6.48. The second-order valence-electron chi connectivity index (χ2n) is 5.92. The predicted octanol–water partition coefficient (Wildman–Crippen LogP) is 2.74. The highest BCUT2D eigenvalue weighted by molar-refractivity contribution is 5.87. The first-order valence-corrected chi connectivity index (χ1v) is 7.94. The fourth-order valence-electron chi connectivity index (χ4n) is 2.90. The number of benzene rings is 1. The minimum Gasteiger partial charge on any atom is -0.478 e. The molecule has 21 heavy (non-hydrogen) atoms. The van der Waals surface area contributed by atoms with Gasteiger partial charge in [0.1, 0.15) is 0 Å². The van der Waals surface area contributed by atoms with E-state index in [1.165, 1.54) is 32.4 Å². The van der Waals surface area contributed by atoms with Crippen molar-refractivity contribution in [2.24, 2.45) is 0 Å². The molecule has 116 valence electrons. The monoisotopic (exact) mass is 290 g/mol. The molecule has 1 aliphatic heterocycles. The number of rotatable bonds is 7. The Kier molecular flexibility index (Phi) is 6.21. The van der Waals surface area contributed by atoms with Gasteiger partial charge >= 0.3 is 5.97 Å². The number of likely N-dealkylation sites (tertiary alicyclic amines) is 1. The van der Waals surface area contributed by atoms with E-state index in [2.05, 4.69) is 17.1 Å². The molecule has 0 aromatic heterocycles. The van der Waals surface area contributed by atoms with Crippen molar-refractivity contribution in [3.8, 4) is 0 Å². The summed E-state index contributed by atoms with van der Waals surface area (Å²) in [5.41, 5.74) is 1.39. The van der Waals surface area contributed by atoms with Crippen LogP contribution in [0.2, 0.25) is 0 Å². The summed E-state index contributed by atoms with van der Waals surface area (Å²) in [6.07, 6.45) is 5.18. The van der Waals surface area contributed by atoms with Crippen molar-refractivity contribution in [3.05, 3.63) is 35.4 Å². The second kappa shape index (κ2) is 8.15. The lowest BCUT2D eigenvalue weighted by molar-refractivity contribution is 0.0696. The first-order valence-electron chi connectivity index (χ1n) is 7.94. The average molecular weight is 290 g/mol. The van der Waals surface area contributed by atoms with E-state index in [1.54, 1.807) is 18.2 Å². The van der Waals surface area contributed by atoms with Crippen LogP contribution in [0, 0.1) is 0 Å². The van der Waals surface area contributed by atoms with Crippen molar-refractivity contribution in [3.63, 3.8) is 0 Å². The van der Waals surface area contributed by atoms with Crippen LogP contribution in [0.5, 0.6) is 0 Å². The molecule has 1 saturated heterocycles. The Morgan fingerprint density at radius 3 is 2.81 bits per heavy atom. The van der Waals surface area contributed by atoms with Gasteiger partial charge in [-0.2, -0.15) is 0 Å². The first kappa shape index (κ1) is 16.0. The summed E-state index contributed by atoms with van der Waals surface area (Å²) in [5.74, 6) is -0.865. The Morgan fingerprint density at radius 1 is 1.33 bits per heavy atom. The van der Waals surface area contributed by atoms with Crippen molar-refractivity contribution in [1.82, 2.24) is 10.2 Å². The standard InChI is InChI=1S/C17H26N2O2/c1-14(19-10-3-2-4-11-19)8-9-18-13-15-6-5-7-16(12-15)17(20)21/h5-7,12,14,18H,2-4,8-11,13H2,1H3,(H,20,21). The van der Waals surface area contributed by atoms with Gasteiger partial charge in [0.05, 0.1) is 5.56 Å². The molecule has 1 fully saturated rings. The van der Waals surface area contributed by atoms with Gasteiger partial charge in [-0.05, 0) is 63.5 Å². The van der Waals surface area contributed by atoms with Crippen molar-refractivity contribution < 1.29 is 9.90 Å². The van der Waals surface area contributed by atoms with Gasteiger partial charge in [-0.15, -0.1) is 0 Å². The summed E-state index contributed by atoms with van der Waals surface area (Å²) in [4.78, 5) is 13.5. The summed E-state index contributed by atoms with van der Waals surface area (Å²) >= 11 is 0. The van der Waals surface area contributed by atoms with E-state index in [9.17, 15) is 4.79 Å². The molecule has 0 amide bonds. The van der Waals surface area contributed by atoms with E-state index in [1.807, 2.05) is 6.07 Å². The third-order valence-electron chi connectivity index (χ3n) is 4.26. The maximum absolute atomic E-state index is 10.9. The molecule has 4 nitrogen and oxygen atoms in total. The molecule has 1 aromatic rings. The molecule has 1 aromatic carbocycles. The van der Waals surface area contributed by atoms with Crippen LogP contribution < -0.4 is 5.32 Å². The fourth-order valence-corrected chi connectivity index (χ4v) is 2.90. The molecule has 0 bridgehead atoms. The lowest BCUT2D eigenvalue weighted by atomic mass is 10.1. The number of carbonyl (C=O) groups is 1. The van der Waals surface area contributed by atoms with Crippen molar-refractivity contribution in [1.29, 1.82) is 0 Å². The van der Waals surface area contributed by atoms with Gasteiger partial charge in [-0.3, -0.25) is 0 Å². The Balaban J connectivity index is 1.69. The number of carboxylic acid groups (broad SMARTS) is 1. The third-order valence-corrected chi connectivity index (χ3v) is 4.26. The van der Waals surface area contributed by atoms with Gasteiger partial charge < -0.3 is 15.3 Å². The number of hydrogen-bond donors (Lipinski definition) is 2. The zero-order chi connectivity index (χ0) is 15.1. The van der Waals surface area contributed by atoms with Crippen LogP contribution in [-0.4, -0.2) is 41.7 Å². The molecule has 4 heteroatoms. The van der Waals surface area contributed by atoms with Crippen LogP contribution in [0.1, 0.15) is 48.5 Å². The lowest BCUT2D eigenvalue weighted by Crippen LogP contribution is -2.38. The smallest absolute Gasteiger partial charge is 0.335 e. The maximum atomic E-state index is 10.9. The summed E-state index contributed by atoms with van der Waals surface area (Å²) < 4.78 is 0. The quantitative estimate of drug-likeness (QED) is 0.758. The normalized spacial score (nSPS) is 17.6. The highest BCUT2D eigenvalue weighted by Crippen LogP contribution is 2.13. The Hall–Kier alpha value is -1.39. The Bertz CT molecular complexity index is 456. The maximum Gasteiger partial charge on any atom is 0.335 e. The summed E-state index contributed by atoms with van der Waals surface area (Å²) in [7, 11) is 0. The molecular weight excluding hydrogens is 264 g/mol. The number of nitrogens with one attached hydrogen (secondary N) is 1. The van der Waals surface area contributed by atoms with E-state index in [0.29, 0.717) is 11.6 Å². The fraction of sp³-hybridized carbons (Fsp3) is 0.588. The SMILES string of the molecule is CC(CCNCc1cccc(C(=O)O)c1)N1CCCCC1. The zero-order valence-electron chi connectivity index (χ0n) is 12.8. The van der Waals surface area contributed by atoms with Crippen LogP contribution in [-0.2, 0) is 6.54 Å². The molecule has 1 aliphatic rings. The number of piperidine rings is 1. The van der Waals surface area contributed by atoms with Crippen LogP contribution in [0.15, 0.2) is 24.3 Å². The van der Waals surface area contributed by atoms with Crippen LogP contribution in [0.3, 0.4) is 0 Å². The Morgan fingerprint density at radius 2 is 2.10 bits per heavy atom. The van der Waals surface area contributed by atoms with Crippen molar-refractivity contribution >= 4 is 5.97 Å². The largest absolute Gasteiger partial charge is 0.478 e.